The monoisotopic (exact) mass is 457 g/mol. The Morgan fingerprint density at radius 1 is 1.06 bits per heavy atom. The standard InChI is InChI=1S/C26H31N7O/c1-31(2)14-15-34-22-8-9-29-24(16-22)23-5-3-4-20-17-28-19-33(26(20)23)21-6-7-25(30-18-21)32-12-10-27-11-13-32/h3-9,16-18,27H,10-15,19H2,1-2H3. The van der Waals surface area contributed by atoms with E-state index in [1.54, 1.807) is 0 Å². The van der Waals surface area contributed by atoms with Crippen LogP contribution in [0.1, 0.15) is 5.56 Å². The van der Waals surface area contributed by atoms with Crippen molar-refractivity contribution in [3.63, 3.8) is 0 Å². The van der Waals surface area contributed by atoms with E-state index in [4.69, 9.17) is 9.72 Å². The molecule has 0 atom stereocenters. The first-order valence-corrected chi connectivity index (χ1v) is 11.7. The van der Waals surface area contributed by atoms with E-state index in [0.29, 0.717) is 13.3 Å². The summed E-state index contributed by atoms with van der Waals surface area (Å²) >= 11 is 0. The predicted octanol–water partition coefficient (Wildman–Crippen LogP) is 3.02. The van der Waals surface area contributed by atoms with E-state index in [-0.39, 0.29) is 0 Å². The molecule has 0 spiro atoms. The molecular weight excluding hydrogens is 426 g/mol. The highest BCUT2D eigenvalue weighted by molar-refractivity contribution is 5.98. The Hall–Kier alpha value is -3.49. The molecule has 3 aromatic rings. The molecule has 8 nitrogen and oxygen atoms in total. The quantitative estimate of drug-likeness (QED) is 0.585. The third kappa shape index (κ3) is 4.88. The van der Waals surface area contributed by atoms with Gasteiger partial charge in [0.25, 0.3) is 0 Å². The summed E-state index contributed by atoms with van der Waals surface area (Å²) in [5.74, 6) is 1.84. The van der Waals surface area contributed by atoms with E-state index in [1.807, 2.05) is 44.8 Å². The minimum Gasteiger partial charge on any atom is -0.492 e. The summed E-state index contributed by atoms with van der Waals surface area (Å²) in [6, 6.07) is 14.4. The maximum Gasteiger partial charge on any atom is 0.128 e. The highest BCUT2D eigenvalue weighted by Gasteiger charge is 2.22. The molecule has 0 saturated carbocycles. The van der Waals surface area contributed by atoms with Crippen LogP contribution in [0.15, 0.2) is 59.9 Å². The van der Waals surface area contributed by atoms with Crippen LogP contribution in [-0.4, -0.2) is 81.2 Å². The second kappa shape index (κ2) is 10.2. The molecule has 0 aliphatic carbocycles. The maximum absolute atomic E-state index is 5.96. The highest BCUT2D eigenvalue weighted by Crippen LogP contribution is 2.39. The van der Waals surface area contributed by atoms with Gasteiger partial charge >= 0.3 is 0 Å². The number of ether oxygens (including phenoxy) is 1. The number of aromatic nitrogens is 2. The van der Waals surface area contributed by atoms with Crippen LogP contribution in [0, 0.1) is 0 Å². The third-order valence-corrected chi connectivity index (χ3v) is 6.09. The van der Waals surface area contributed by atoms with Gasteiger partial charge in [-0.15, -0.1) is 0 Å². The second-order valence-electron chi connectivity index (χ2n) is 8.76. The first-order valence-electron chi connectivity index (χ1n) is 11.7. The number of nitrogens with zero attached hydrogens (tertiary/aromatic N) is 6. The van der Waals surface area contributed by atoms with Gasteiger partial charge in [0.2, 0.25) is 0 Å². The molecule has 34 heavy (non-hydrogen) atoms. The SMILES string of the molecule is CN(C)CCOc1ccnc(-c2cccc3c2N(c2ccc(N4CCNCC4)nc2)CN=C3)c1. The largest absolute Gasteiger partial charge is 0.492 e. The van der Waals surface area contributed by atoms with Crippen molar-refractivity contribution >= 4 is 23.4 Å². The molecule has 1 saturated heterocycles. The third-order valence-electron chi connectivity index (χ3n) is 6.09. The van der Waals surface area contributed by atoms with E-state index in [9.17, 15) is 0 Å². The average molecular weight is 458 g/mol. The average Bonchev–Trinajstić information content (AvgIpc) is 2.88. The first-order chi connectivity index (χ1) is 16.7. The number of benzene rings is 1. The molecule has 5 rings (SSSR count). The molecule has 2 aliphatic rings. The molecule has 0 unspecified atom stereocenters. The van der Waals surface area contributed by atoms with Gasteiger partial charge in [-0.25, -0.2) is 4.98 Å². The minimum absolute atomic E-state index is 0.539. The van der Waals surface area contributed by atoms with Crippen LogP contribution < -0.4 is 19.9 Å². The van der Waals surface area contributed by atoms with Crippen molar-refractivity contribution in [2.75, 3.05) is 69.9 Å². The van der Waals surface area contributed by atoms with Gasteiger partial charge in [-0.05, 0) is 32.3 Å². The molecule has 8 heteroatoms. The molecule has 0 bridgehead atoms. The second-order valence-corrected chi connectivity index (χ2v) is 8.76. The zero-order valence-electron chi connectivity index (χ0n) is 19.8. The maximum atomic E-state index is 5.96. The van der Waals surface area contributed by atoms with Crippen molar-refractivity contribution in [2.45, 2.75) is 0 Å². The van der Waals surface area contributed by atoms with Crippen molar-refractivity contribution in [3.8, 4) is 17.0 Å². The number of pyridine rings is 2. The Bertz CT molecular complexity index is 1140. The van der Waals surface area contributed by atoms with Crippen LogP contribution in [0.25, 0.3) is 11.3 Å². The minimum atomic E-state index is 0.539. The smallest absolute Gasteiger partial charge is 0.128 e. The van der Waals surface area contributed by atoms with Crippen molar-refractivity contribution in [2.24, 2.45) is 4.99 Å². The van der Waals surface area contributed by atoms with Gasteiger partial charge in [0.1, 0.15) is 24.8 Å². The van der Waals surface area contributed by atoms with Crippen molar-refractivity contribution in [3.05, 3.63) is 60.4 Å². The van der Waals surface area contributed by atoms with Crippen LogP contribution in [0.4, 0.5) is 17.2 Å². The molecule has 0 radical (unpaired) electrons. The van der Waals surface area contributed by atoms with Gasteiger partial charge in [0, 0.05) is 62.3 Å². The lowest BCUT2D eigenvalue weighted by molar-refractivity contribution is 0.261. The van der Waals surface area contributed by atoms with Gasteiger partial charge in [-0.3, -0.25) is 9.98 Å². The molecule has 176 valence electrons. The topological polar surface area (TPSA) is 69.1 Å². The fraction of sp³-hybridized carbons (Fsp3) is 0.346. The van der Waals surface area contributed by atoms with Crippen LogP contribution >= 0.6 is 0 Å². The summed E-state index contributed by atoms with van der Waals surface area (Å²) in [6.45, 7) is 5.97. The molecular formula is C26H31N7O. The number of aliphatic imine (C=N–C) groups is 1. The summed E-state index contributed by atoms with van der Waals surface area (Å²) in [5.41, 5.74) is 5.10. The molecule has 1 aromatic carbocycles. The number of fused-ring (bicyclic) bond motifs is 1. The number of hydrogen-bond acceptors (Lipinski definition) is 8. The first kappa shape index (κ1) is 22.3. The molecule has 4 heterocycles. The fourth-order valence-corrected chi connectivity index (χ4v) is 4.29. The van der Waals surface area contributed by atoms with Crippen LogP contribution in [0.2, 0.25) is 0 Å². The lowest BCUT2D eigenvalue weighted by Gasteiger charge is -2.31. The number of likely N-dealkylation sites (N-methyl/N-ethyl adjacent to an activating group) is 1. The summed E-state index contributed by atoms with van der Waals surface area (Å²) in [7, 11) is 4.08. The lowest BCUT2D eigenvalue weighted by Crippen LogP contribution is -2.43. The summed E-state index contributed by atoms with van der Waals surface area (Å²) in [6.07, 6.45) is 5.70. The summed E-state index contributed by atoms with van der Waals surface area (Å²) < 4.78 is 5.96. The number of nitrogens with one attached hydrogen (secondary N) is 1. The summed E-state index contributed by atoms with van der Waals surface area (Å²) in [4.78, 5) is 20.7. The van der Waals surface area contributed by atoms with E-state index < -0.39 is 0 Å². The number of anilines is 3. The van der Waals surface area contributed by atoms with Crippen LogP contribution in [0.3, 0.4) is 0 Å². The molecule has 1 fully saturated rings. The Kier molecular flexibility index (Phi) is 6.69. The van der Waals surface area contributed by atoms with Gasteiger partial charge in [0.15, 0.2) is 0 Å². The molecule has 0 amide bonds. The van der Waals surface area contributed by atoms with E-state index in [2.05, 4.69) is 60.3 Å². The van der Waals surface area contributed by atoms with E-state index in [0.717, 1.165) is 72.5 Å². The zero-order chi connectivity index (χ0) is 23.3. The number of hydrogen-bond donors (Lipinski definition) is 1. The number of rotatable bonds is 7. The van der Waals surface area contributed by atoms with Crippen molar-refractivity contribution in [1.29, 1.82) is 0 Å². The van der Waals surface area contributed by atoms with Gasteiger partial charge in [-0.1, -0.05) is 18.2 Å². The van der Waals surface area contributed by atoms with Gasteiger partial charge < -0.3 is 24.8 Å². The Morgan fingerprint density at radius 2 is 1.94 bits per heavy atom. The fourth-order valence-electron chi connectivity index (χ4n) is 4.29. The Morgan fingerprint density at radius 3 is 2.74 bits per heavy atom. The summed E-state index contributed by atoms with van der Waals surface area (Å²) in [5, 5.41) is 3.39. The van der Waals surface area contributed by atoms with Crippen LogP contribution in [-0.2, 0) is 0 Å². The zero-order valence-corrected chi connectivity index (χ0v) is 19.8. The van der Waals surface area contributed by atoms with Crippen molar-refractivity contribution in [1.82, 2.24) is 20.2 Å². The number of piperazine rings is 1. The van der Waals surface area contributed by atoms with E-state index in [1.165, 1.54) is 0 Å². The van der Waals surface area contributed by atoms with Crippen LogP contribution in [0.5, 0.6) is 5.75 Å². The number of para-hydroxylation sites is 1. The Labute approximate surface area is 200 Å². The molecule has 1 N–H and O–H groups in total. The predicted molar refractivity (Wildman–Crippen MR) is 138 cm³/mol. The lowest BCUT2D eigenvalue weighted by atomic mass is 10.0. The van der Waals surface area contributed by atoms with Gasteiger partial charge in [0.05, 0.1) is 23.3 Å². The Balaban J connectivity index is 1.44. The van der Waals surface area contributed by atoms with Crippen molar-refractivity contribution < 1.29 is 4.74 Å². The molecule has 2 aromatic heterocycles. The highest BCUT2D eigenvalue weighted by atomic mass is 16.5. The van der Waals surface area contributed by atoms with E-state index >= 15 is 0 Å². The molecule has 2 aliphatic heterocycles. The normalized spacial score (nSPS) is 15.5. The van der Waals surface area contributed by atoms with Gasteiger partial charge in [-0.2, -0.15) is 0 Å².